The van der Waals surface area contributed by atoms with Crippen LogP contribution in [0.2, 0.25) is 0 Å². The summed E-state index contributed by atoms with van der Waals surface area (Å²) in [5.41, 5.74) is 4.82. The SMILES string of the molecule is CC1(C)[C@@H](C/C(N)=N/O)CC[C@@]1(C)NC(=O)O. The van der Waals surface area contributed by atoms with Crippen molar-refractivity contribution in [2.75, 3.05) is 0 Å². The second-order valence-corrected chi connectivity index (χ2v) is 5.52. The molecule has 0 aromatic carbocycles. The summed E-state index contributed by atoms with van der Waals surface area (Å²) in [5.74, 6) is 0.401. The summed E-state index contributed by atoms with van der Waals surface area (Å²) in [5, 5.41) is 23.1. The van der Waals surface area contributed by atoms with Gasteiger partial charge in [0.25, 0.3) is 0 Å². The molecule has 0 heterocycles. The average Bonchev–Trinajstić information content (AvgIpc) is 2.40. The topological polar surface area (TPSA) is 108 Å². The van der Waals surface area contributed by atoms with Crippen molar-refractivity contribution >= 4 is 11.9 Å². The maximum Gasteiger partial charge on any atom is 0.405 e. The summed E-state index contributed by atoms with van der Waals surface area (Å²) in [6, 6.07) is 0. The van der Waals surface area contributed by atoms with Crippen LogP contribution in [0.1, 0.15) is 40.0 Å². The van der Waals surface area contributed by atoms with Crippen LogP contribution in [0.25, 0.3) is 0 Å². The second-order valence-electron chi connectivity index (χ2n) is 5.52. The number of nitrogens with one attached hydrogen (secondary N) is 1. The van der Waals surface area contributed by atoms with Crippen LogP contribution in [0.4, 0.5) is 4.79 Å². The zero-order valence-corrected chi connectivity index (χ0v) is 10.5. The fourth-order valence-corrected chi connectivity index (χ4v) is 2.71. The van der Waals surface area contributed by atoms with Gasteiger partial charge in [-0.1, -0.05) is 19.0 Å². The third-order valence-electron chi connectivity index (χ3n) is 4.40. The number of nitrogens with zero attached hydrogens (tertiary/aromatic N) is 1. The molecule has 0 aliphatic heterocycles. The summed E-state index contributed by atoms with van der Waals surface area (Å²) in [6.07, 6.45) is 1.10. The maximum absolute atomic E-state index is 10.8. The summed E-state index contributed by atoms with van der Waals surface area (Å²) >= 11 is 0. The predicted molar refractivity (Wildman–Crippen MR) is 64.1 cm³/mol. The third kappa shape index (κ3) is 2.45. The highest BCUT2D eigenvalue weighted by molar-refractivity contribution is 5.80. The van der Waals surface area contributed by atoms with E-state index in [0.717, 1.165) is 12.8 Å². The molecule has 0 spiro atoms. The molecular formula is C11H21N3O3. The first kappa shape index (κ1) is 13.6. The third-order valence-corrected chi connectivity index (χ3v) is 4.40. The van der Waals surface area contributed by atoms with Gasteiger partial charge in [-0.15, -0.1) is 0 Å². The van der Waals surface area contributed by atoms with Crippen molar-refractivity contribution in [2.45, 2.75) is 45.6 Å². The van der Waals surface area contributed by atoms with Gasteiger partial charge in [-0.05, 0) is 31.1 Å². The highest BCUT2D eigenvalue weighted by Gasteiger charge is 2.52. The fraction of sp³-hybridized carbons (Fsp3) is 0.818. The van der Waals surface area contributed by atoms with Crippen molar-refractivity contribution in [1.82, 2.24) is 5.32 Å². The first-order valence-electron chi connectivity index (χ1n) is 5.70. The number of amidine groups is 1. The van der Waals surface area contributed by atoms with Crippen molar-refractivity contribution < 1.29 is 15.1 Å². The number of carboxylic acid groups (broad SMARTS) is 1. The zero-order valence-electron chi connectivity index (χ0n) is 10.5. The molecule has 2 atom stereocenters. The largest absolute Gasteiger partial charge is 0.465 e. The molecule has 1 rings (SSSR count). The van der Waals surface area contributed by atoms with E-state index in [4.69, 9.17) is 16.0 Å². The maximum atomic E-state index is 10.8. The van der Waals surface area contributed by atoms with Gasteiger partial charge >= 0.3 is 6.09 Å². The number of amides is 1. The highest BCUT2D eigenvalue weighted by atomic mass is 16.4. The van der Waals surface area contributed by atoms with Gasteiger partial charge in [0.05, 0.1) is 0 Å². The van der Waals surface area contributed by atoms with Gasteiger partial charge in [-0.3, -0.25) is 0 Å². The molecule has 0 unspecified atom stereocenters. The number of rotatable bonds is 3. The Balaban J connectivity index is 2.85. The lowest BCUT2D eigenvalue weighted by molar-refractivity contribution is 0.117. The van der Waals surface area contributed by atoms with E-state index in [1.54, 1.807) is 0 Å². The van der Waals surface area contributed by atoms with Crippen LogP contribution >= 0.6 is 0 Å². The van der Waals surface area contributed by atoms with E-state index in [1.807, 2.05) is 20.8 Å². The van der Waals surface area contributed by atoms with Gasteiger partial charge in [-0.2, -0.15) is 0 Å². The summed E-state index contributed by atoms with van der Waals surface area (Å²) < 4.78 is 0. The van der Waals surface area contributed by atoms with Crippen molar-refractivity contribution in [3.05, 3.63) is 0 Å². The molecule has 1 aliphatic carbocycles. The van der Waals surface area contributed by atoms with E-state index in [1.165, 1.54) is 0 Å². The van der Waals surface area contributed by atoms with Gasteiger partial charge in [0.2, 0.25) is 0 Å². The summed E-state index contributed by atoms with van der Waals surface area (Å²) in [6.45, 7) is 5.95. The van der Waals surface area contributed by atoms with Gasteiger partial charge in [0.15, 0.2) is 0 Å². The van der Waals surface area contributed by atoms with Crippen molar-refractivity contribution in [1.29, 1.82) is 0 Å². The molecule has 0 aromatic rings. The van der Waals surface area contributed by atoms with E-state index in [0.29, 0.717) is 6.42 Å². The molecule has 1 aliphatic rings. The molecule has 1 saturated carbocycles. The lowest BCUT2D eigenvalue weighted by Crippen LogP contribution is -2.54. The van der Waals surface area contributed by atoms with Crippen molar-refractivity contribution in [2.24, 2.45) is 22.2 Å². The Morgan fingerprint density at radius 3 is 2.59 bits per heavy atom. The van der Waals surface area contributed by atoms with Gasteiger partial charge in [-0.25, -0.2) is 4.79 Å². The van der Waals surface area contributed by atoms with Crippen molar-refractivity contribution in [3.63, 3.8) is 0 Å². The Labute approximate surface area is 101 Å². The number of hydrogen-bond acceptors (Lipinski definition) is 3. The molecule has 6 nitrogen and oxygen atoms in total. The number of carbonyl (C=O) groups is 1. The van der Waals surface area contributed by atoms with Gasteiger partial charge < -0.3 is 21.4 Å². The Hall–Kier alpha value is -1.46. The first-order chi connectivity index (χ1) is 7.73. The van der Waals surface area contributed by atoms with Gasteiger partial charge in [0, 0.05) is 12.0 Å². The molecule has 0 saturated heterocycles. The molecule has 1 amide bonds. The van der Waals surface area contributed by atoms with E-state index in [2.05, 4.69) is 10.5 Å². The van der Waals surface area contributed by atoms with Crippen LogP contribution in [-0.4, -0.2) is 27.8 Å². The molecule has 6 heteroatoms. The lowest BCUT2D eigenvalue weighted by Gasteiger charge is -2.41. The minimum atomic E-state index is -1.01. The molecule has 0 aromatic heterocycles. The van der Waals surface area contributed by atoms with Crippen LogP contribution < -0.4 is 11.1 Å². The minimum absolute atomic E-state index is 0.197. The smallest absolute Gasteiger partial charge is 0.405 e. The first-order valence-corrected chi connectivity index (χ1v) is 5.70. The molecule has 0 bridgehead atoms. The molecular weight excluding hydrogens is 222 g/mol. The van der Waals surface area contributed by atoms with Crippen LogP contribution in [0.3, 0.4) is 0 Å². The quantitative estimate of drug-likeness (QED) is 0.261. The normalized spacial score (nSPS) is 32.4. The van der Waals surface area contributed by atoms with E-state index < -0.39 is 11.6 Å². The average molecular weight is 243 g/mol. The standard InChI is InChI=1S/C11H21N3O3/c1-10(2)7(6-8(12)14-17)4-5-11(10,3)13-9(15)16/h7,13,17H,4-6H2,1-3H3,(H2,12,14)(H,15,16)/t7-,11-/m1/s1. The summed E-state index contributed by atoms with van der Waals surface area (Å²) in [7, 11) is 0. The molecule has 98 valence electrons. The second kappa shape index (κ2) is 4.43. The fourth-order valence-electron chi connectivity index (χ4n) is 2.71. The van der Waals surface area contributed by atoms with Crippen LogP contribution in [0.5, 0.6) is 0 Å². The lowest BCUT2D eigenvalue weighted by atomic mass is 9.70. The number of hydrogen-bond donors (Lipinski definition) is 4. The van der Waals surface area contributed by atoms with E-state index in [9.17, 15) is 4.79 Å². The van der Waals surface area contributed by atoms with Crippen LogP contribution in [-0.2, 0) is 0 Å². The van der Waals surface area contributed by atoms with Crippen LogP contribution in [0, 0.1) is 11.3 Å². The predicted octanol–water partition coefficient (Wildman–Crippen LogP) is 1.59. The van der Waals surface area contributed by atoms with Gasteiger partial charge in [0.1, 0.15) is 5.84 Å². The minimum Gasteiger partial charge on any atom is -0.465 e. The Morgan fingerprint density at radius 2 is 2.12 bits per heavy atom. The Kier molecular flexibility index (Phi) is 3.54. The van der Waals surface area contributed by atoms with Crippen molar-refractivity contribution in [3.8, 4) is 0 Å². The summed E-state index contributed by atoms with van der Waals surface area (Å²) in [4.78, 5) is 10.8. The molecule has 5 N–H and O–H groups in total. The molecule has 1 fully saturated rings. The highest BCUT2D eigenvalue weighted by Crippen LogP contribution is 2.51. The molecule has 0 radical (unpaired) electrons. The monoisotopic (exact) mass is 243 g/mol. The Bertz CT molecular complexity index is 341. The zero-order chi connectivity index (χ0) is 13.3. The van der Waals surface area contributed by atoms with E-state index >= 15 is 0 Å². The van der Waals surface area contributed by atoms with E-state index in [-0.39, 0.29) is 17.2 Å². The number of oxime groups is 1. The Morgan fingerprint density at radius 1 is 1.53 bits per heavy atom. The van der Waals surface area contributed by atoms with Crippen LogP contribution in [0.15, 0.2) is 5.16 Å². The number of nitrogens with two attached hydrogens (primary N) is 1. The molecule has 17 heavy (non-hydrogen) atoms.